The summed E-state index contributed by atoms with van der Waals surface area (Å²) < 4.78 is 4.80. The van der Waals surface area contributed by atoms with Crippen LogP contribution in [0.3, 0.4) is 0 Å². The van der Waals surface area contributed by atoms with Crippen LogP contribution in [0.5, 0.6) is 0 Å². The van der Waals surface area contributed by atoms with Crippen molar-refractivity contribution in [1.82, 2.24) is 0 Å². The Morgan fingerprint density at radius 1 is 0.697 bits per heavy atom. The van der Waals surface area contributed by atoms with Crippen molar-refractivity contribution < 1.29 is 26.5 Å². The first-order chi connectivity index (χ1) is 15.7. The standard InChI is InChI=1S/C29H26O2P.BrH/c1-31-29(30)22-21-24-13-11-12-14-25(24)23-32(26-15-5-2-6-16-26,27-17-7-3-8-18-27)28-19-9-4-10-20-28;/h2-22H,23H2,1H3;1H/q+1;/p-1. The SMILES string of the molecule is COC(=O)C=Cc1ccccc1C[P+](c1ccccc1)(c1ccccc1)c1ccccc1.[Br-]. The first-order valence-corrected chi connectivity index (χ1v) is 12.6. The van der Waals surface area contributed by atoms with E-state index in [-0.39, 0.29) is 23.0 Å². The molecule has 0 aliphatic carbocycles. The number of methoxy groups -OCH3 is 1. The van der Waals surface area contributed by atoms with E-state index in [1.54, 1.807) is 0 Å². The van der Waals surface area contributed by atoms with Crippen LogP contribution in [0.2, 0.25) is 0 Å². The second-order valence-electron chi connectivity index (χ2n) is 7.53. The summed E-state index contributed by atoms with van der Waals surface area (Å²) in [6, 6.07) is 40.8. The first-order valence-electron chi connectivity index (χ1n) is 10.6. The summed E-state index contributed by atoms with van der Waals surface area (Å²) in [6.07, 6.45) is 4.20. The number of carbonyl (C=O) groups is 1. The molecule has 4 heteroatoms. The van der Waals surface area contributed by atoms with E-state index in [1.807, 2.05) is 12.1 Å². The summed E-state index contributed by atoms with van der Waals surface area (Å²) in [5.74, 6) is -0.352. The van der Waals surface area contributed by atoms with Crippen LogP contribution in [0.15, 0.2) is 121 Å². The summed E-state index contributed by atoms with van der Waals surface area (Å²) in [5, 5.41) is 4.01. The van der Waals surface area contributed by atoms with Crippen molar-refractivity contribution in [2.75, 3.05) is 7.11 Å². The van der Waals surface area contributed by atoms with E-state index in [9.17, 15) is 4.79 Å². The van der Waals surface area contributed by atoms with Crippen molar-refractivity contribution in [3.63, 3.8) is 0 Å². The van der Waals surface area contributed by atoms with Gasteiger partial charge in [0, 0.05) is 6.08 Å². The van der Waals surface area contributed by atoms with Crippen molar-refractivity contribution in [1.29, 1.82) is 0 Å². The normalized spacial score (nSPS) is 11.1. The van der Waals surface area contributed by atoms with Gasteiger partial charge >= 0.3 is 5.97 Å². The minimum atomic E-state index is -2.01. The monoisotopic (exact) mass is 516 g/mol. The Hall–Kier alpha value is -3.00. The van der Waals surface area contributed by atoms with E-state index in [2.05, 4.69) is 109 Å². The molecule has 0 N–H and O–H groups in total. The lowest BCUT2D eigenvalue weighted by Gasteiger charge is -2.28. The number of hydrogen-bond donors (Lipinski definition) is 0. The second kappa shape index (κ2) is 11.7. The molecule has 0 radical (unpaired) electrons. The molecule has 0 atom stereocenters. The van der Waals surface area contributed by atoms with Gasteiger partial charge in [-0.05, 0) is 53.6 Å². The van der Waals surface area contributed by atoms with Crippen LogP contribution in [0.1, 0.15) is 11.1 Å². The van der Waals surface area contributed by atoms with Gasteiger partial charge in [-0.1, -0.05) is 78.9 Å². The Kier molecular flexibility index (Phi) is 8.77. The van der Waals surface area contributed by atoms with E-state index in [0.717, 1.165) is 11.7 Å². The average Bonchev–Trinajstić information content (AvgIpc) is 2.88. The molecule has 0 aromatic heterocycles. The first kappa shape index (κ1) is 24.6. The molecule has 33 heavy (non-hydrogen) atoms. The summed E-state index contributed by atoms with van der Waals surface area (Å²) in [7, 11) is -0.608. The van der Waals surface area contributed by atoms with Gasteiger partial charge in [-0.2, -0.15) is 0 Å². The van der Waals surface area contributed by atoms with E-state index in [0.29, 0.717) is 0 Å². The summed E-state index contributed by atoms with van der Waals surface area (Å²) in [6.45, 7) is 0. The fourth-order valence-corrected chi connectivity index (χ4v) is 8.38. The number of benzene rings is 4. The number of rotatable bonds is 7. The fourth-order valence-electron chi connectivity index (χ4n) is 4.09. The van der Waals surface area contributed by atoms with Gasteiger partial charge in [-0.25, -0.2) is 4.79 Å². The Morgan fingerprint density at radius 2 is 1.12 bits per heavy atom. The zero-order valence-electron chi connectivity index (χ0n) is 18.5. The van der Waals surface area contributed by atoms with Crippen LogP contribution < -0.4 is 32.9 Å². The Morgan fingerprint density at radius 3 is 1.58 bits per heavy atom. The van der Waals surface area contributed by atoms with Gasteiger partial charge in [0.05, 0.1) is 13.3 Å². The van der Waals surface area contributed by atoms with Crippen molar-refractivity contribution in [3.05, 3.63) is 132 Å². The van der Waals surface area contributed by atoms with Gasteiger partial charge in [0.15, 0.2) is 0 Å². The molecule has 0 bridgehead atoms. The van der Waals surface area contributed by atoms with Crippen LogP contribution in [0.4, 0.5) is 0 Å². The van der Waals surface area contributed by atoms with Crippen LogP contribution in [0.25, 0.3) is 6.08 Å². The van der Waals surface area contributed by atoms with Crippen LogP contribution >= 0.6 is 7.26 Å². The van der Waals surface area contributed by atoms with Gasteiger partial charge in [0.2, 0.25) is 0 Å². The maximum atomic E-state index is 11.7. The van der Waals surface area contributed by atoms with E-state index in [1.165, 1.54) is 34.7 Å². The zero-order chi connectivity index (χ0) is 22.2. The Labute approximate surface area is 207 Å². The van der Waals surface area contributed by atoms with Crippen molar-refractivity contribution in [3.8, 4) is 0 Å². The number of halogens is 1. The molecule has 4 aromatic carbocycles. The topological polar surface area (TPSA) is 26.3 Å². The number of ether oxygens (including phenoxy) is 1. The van der Waals surface area contributed by atoms with Gasteiger partial charge in [0.25, 0.3) is 0 Å². The van der Waals surface area contributed by atoms with Crippen molar-refractivity contribution >= 4 is 35.2 Å². The fraction of sp³-hybridized carbons (Fsp3) is 0.0690. The molecule has 0 saturated carbocycles. The minimum absolute atomic E-state index is 0. The third-order valence-corrected chi connectivity index (χ3v) is 10.0. The van der Waals surface area contributed by atoms with Crippen LogP contribution in [0, 0.1) is 0 Å². The molecule has 0 heterocycles. The molecule has 0 amide bonds. The highest BCUT2D eigenvalue weighted by atomic mass is 79.9. The smallest absolute Gasteiger partial charge is 0.330 e. The largest absolute Gasteiger partial charge is 1.00 e. The van der Waals surface area contributed by atoms with Crippen molar-refractivity contribution in [2.45, 2.75) is 6.16 Å². The van der Waals surface area contributed by atoms with E-state index in [4.69, 9.17) is 4.74 Å². The van der Waals surface area contributed by atoms with Gasteiger partial charge in [-0.15, -0.1) is 0 Å². The maximum Gasteiger partial charge on any atom is 0.330 e. The predicted molar refractivity (Wildman–Crippen MR) is 136 cm³/mol. The molecule has 0 saturated heterocycles. The molecule has 2 nitrogen and oxygen atoms in total. The molecule has 0 aliphatic rings. The molecular weight excluding hydrogens is 491 g/mol. The number of esters is 1. The molecule has 0 spiro atoms. The lowest BCUT2D eigenvalue weighted by Crippen LogP contribution is -3.00. The summed E-state index contributed by atoms with van der Waals surface area (Å²) in [5.41, 5.74) is 2.24. The predicted octanol–water partition coefficient (Wildman–Crippen LogP) is 2.37. The highest BCUT2D eigenvalue weighted by molar-refractivity contribution is 7.95. The van der Waals surface area contributed by atoms with E-state index >= 15 is 0 Å². The highest BCUT2D eigenvalue weighted by Gasteiger charge is 2.45. The molecule has 4 rings (SSSR count). The van der Waals surface area contributed by atoms with Gasteiger partial charge < -0.3 is 21.7 Å². The number of hydrogen-bond acceptors (Lipinski definition) is 2. The highest BCUT2D eigenvalue weighted by Crippen LogP contribution is 2.58. The molecule has 0 unspecified atom stereocenters. The van der Waals surface area contributed by atoms with Gasteiger partial charge in [-0.3, -0.25) is 0 Å². The molecule has 0 aliphatic heterocycles. The summed E-state index contributed by atoms with van der Waals surface area (Å²) in [4.78, 5) is 11.7. The quantitative estimate of drug-likeness (QED) is 0.214. The van der Waals surface area contributed by atoms with E-state index < -0.39 is 7.26 Å². The Bertz CT molecular complexity index is 1100. The molecular formula is C29H26BrO2P. The average molecular weight is 517 g/mol. The van der Waals surface area contributed by atoms with Crippen molar-refractivity contribution in [2.24, 2.45) is 0 Å². The van der Waals surface area contributed by atoms with Crippen LogP contribution in [-0.4, -0.2) is 13.1 Å². The Balaban J connectivity index is 0.00000306. The lowest BCUT2D eigenvalue weighted by atomic mass is 10.1. The summed E-state index contributed by atoms with van der Waals surface area (Å²) >= 11 is 0. The maximum absolute atomic E-state index is 11.7. The molecule has 0 fully saturated rings. The third-order valence-electron chi connectivity index (χ3n) is 5.65. The molecule has 166 valence electrons. The van der Waals surface area contributed by atoms with Gasteiger partial charge in [0.1, 0.15) is 23.2 Å². The van der Waals surface area contributed by atoms with Crippen LogP contribution in [-0.2, 0) is 15.7 Å². The minimum Gasteiger partial charge on any atom is -1.00 e. The molecule has 4 aromatic rings. The second-order valence-corrected chi connectivity index (χ2v) is 11.0. The zero-order valence-corrected chi connectivity index (χ0v) is 21.0. The third kappa shape index (κ3) is 5.50. The lowest BCUT2D eigenvalue weighted by molar-refractivity contribution is -0.134. The number of carbonyl (C=O) groups excluding carboxylic acids is 1.